The monoisotopic (exact) mass is 318 g/mol. The van der Waals surface area contributed by atoms with Crippen molar-refractivity contribution in [3.63, 3.8) is 0 Å². The maximum Gasteiger partial charge on any atom is 0.191 e. The van der Waals surface area contributed by atoms with E-state index >= 15 is 0 Å². The number of guanidine groups is 1. The van der Waals surface area contributed by atoms with E-state index in [0.29, 0.717) is 19.0 Å². The highest BCUT2D eigenvalue weighted by Crippen LogP contribution is 2.19. The number of hydrogen-bond donors (Lipinski definition) is 2. The number of aromatic nitrogens is 1. The van der Waals surface area contributed by atoms with Gasteiger partial charge in [0.2, 0.25) is 0 Å². The molecule has 0 radical (unpaired) electrons. The summed E-state index contributed by atoms with van der Waals surface area (Å²) in [5, 5.41) is 10.2. The number of aliphatic imine (C=N–C) groups is 1. The molecule has 0 spiro atoms. The average molecular weight is 318 g/mol. The number of nitrogens with zero attached hydrogens (tertiary/aromatic N) is 2. The van der Waals surface area contributed by atoms with Crippen molar-refractivity contribution in [3.8, 4) is 11.5 Å². The highest BCUT2D eigenvalue weighted by Gasteiger charge is 2.07. The maximum atomic E-state index is 5.85. The molecule has 0 aliphatic carbocycles. The summed E-state index contributed by atoms with van der Waals surface area (Å²) in [7, 11) is 3.35. The van der Waals surface area contributed by atoms with Crippen molar-refractivity contribution < 1.29 is 14.0 Å². The Labute approximate surface area is 135 Å². The molecule has 1 aromatic heterocycles. The van der Waals surface area contributed by atoms with Crippen molar-refractivity contribution >= 4 is 5.96 Å². The quantitative estimate of drug-likeness (QED) is 0.599. The number of rotatable bonds is 7. The van der Waals surface area contributed by atoms with Gasteiger partial charge in [-0.15, -0.1) is 0 Å². The average Bonchev–Trinajstić information content (AvgIpc) is 3.08. The van der Waals surface area contributed by atoms with Gasteiger partial charge in [0.1, 0.15) is 29.6 Å². The molecule has 0 saturated heterocycles. The van der Waals surface area contributed by atoms with Gasteiger partial charge in [0.15, 0.2) is 5.96 Å². The van der Waals surface area contributed by atoms with E-state index in [2.05, 4.69) is 20.8 Å². The van der Waals surface area contributed by atoms with Crippen LogP contribution in [-0.2, 0) is 6.54 Å². The van der Waals surface area contributed by atoms with E-state index in [4.69, 9.17) is 14.0 Å². The summed E-state index contributed by atoms with van der Waals surface area (Å²) in [5.41, 5.74) is 0.814. The van der Waals surface area contributed by atoms with Gasteiger partial charge >= 0.3 is 0 Å². The minimum Gasteiger partial charge on any atom is -0.497 e. The van der Waals surface area contributed by atoms with Crippen LogP contribution in [-0.4, -0.2) is 37.9 Å². The third-order valence-corrected chi connectivity index (χ3v) is 3.09. The van der Waals surface area contributed by atoms with Gasteiger partial charge in [-0.25, -0.2) is 0 Å². The summed E-state index contributed by atoms with van der Waals surface area (Å²) in [6.45, 7) is 3.13. The highest BCUT2D eigenvalue weighted by atomic mass is 16.5. The molecule has 1 heterocycles. The predicted molar refractivity (Wildman–Crippen MR) is 87.8 cm³/mol. The Kier molecular flexibility index (Phi) is 6.28. The van der Waals surface area contributed by atoms with Crippen LogP contribution in [0.15, 0.2) is 46.1 Å². The summed E-state index contributed by atoms with van der Waals surface area (Å²) in [5.74, 6) is 2.21. The third-order valence-electron chi connectivity index (χ3n) is 3.09. The fourth-order valence-electron chi connectivity index (χ4n) is 1.91. The Morgan fingerprint density at radius 1 is 1.30 bits per heavy atom. The van der Waals surface area contributed by atoms with Gasteiger partial charge in [-0.2, -0.15) is 0 Å². The molecule has 1 aromatic carbocycles. The zero-order valence-electron chi connectivity index (χ0n) is 13.6. The minimum atomic E-state index is -0.0345. The van der Waals surface area contributed by atoms with Gasteiger partial charge in [0.05, 0.1) is 20.2 Å². The first-order chi connectivity index (χ1) is 11.2. The predicted octanol–water partition coefficient (Wildman–Crippen LogP) is 1.82. The molecular weight excluding hydrogens is 296 g/mol. The fourth-order valence-corrected chi connectivity index (χ4v) is 1.91. The minimum absolute atomic E-state index is 0.0345. The van der Waals surface area contributed by atoms with Crippen LogP contribution in [0.1, 0.15) is 12.6 Å². The van der Waals surface area contributed by atoms with Crippen LogP contribution in [0.3, 0.4) is 0 Å². The van der Waals surface area contributed by atoms with Gasteiger partial charge in [-0.1, -0.05) is 11.2 Å². The van der Waals surface area contributed by atoms with E-state index in [9.17, 15) is 0 Å². The van der Waals surface area contributed by atoms with Crippen LogP contribution in [0.5, 0.6) is 11.5 Å². The lowest BCUT2D eigenvalue weighted by molar-refractivity contribution is 0.223. The summed E-state index contributed by atoms with van der Waals surface area (Å²) < 4.78 is 15.8. The lowest BCUT2D eigenvalue weighted by atomic mass is 10.3. The van der Waals surface area contributed by atoms with E-state index in [-0.39, 0.29) is 6.10 Å². The molecule has 2 rings (SSSR count). The normalized spacial score (nSPS) is 12.6. The van der Waals surface area contributed by atoms with Crippen molar-refractivity contribution in [2.45, 2.75) is 19.6 Å². The van der Waals surface area contributed by atoms with E-state index in [1.807, 2.05) is 31.2 Å². The molecule has 7 nitrogen and oxygen atoms in total. The van der Waals surface area contributed by atoms with E-state index in [1.165, 1.54) is 6.26 Å². The molecule has 1 unspecified atom stereocenters. The SMILES string of the molecule is CN=C(NCc1ccon1)NCC(C)Oc1cccc(OC)c1. The fraction of sp³-hybridized carbons (Fsp3) is 0.375. The summed E-state index contributed by atoms with van der Waals surface area (Å²) in [6.07, 6.45) is 1.50. The molecule has 0 aliphatic heterocycles. The molecule has 23 heavy (non-hydrogen) atoms. The third kappa shape index (κ3) is 5.54. The number of hydrogen-bond acceptors (Lipinski definition) is 5. The van der Waals surface area contributed by atoms with E-state index in [0.717, 1.165) is 17.2 Å². The van der Waals surface area contributed by atoms with E-state index in [1.54, 1.807) is 20.2 Å². The van der Waals surface area contributed by atoms with Crippen molar-refractivity contribution in [2.75, 3.05) is 20.7 Å². The van der Waals surface area contributed by atoms with Crippen molar-refractivity contribution in [2.24, 2.45) is 4.99 Å². The van der Waals surface area contributed by atoms with Gasteiger partial charge in [0.25, 0.3) is 0 Å². The first-order valence-corrected chi connectivity index (χ1v) is 7.35. The maximum absolute atomic E-state index is 5.85. The van der Waals surface area contributed by atoms with Gasteiger partial charge in [-0.3, -0.25) is 4.99 Å². The second kappa shape index (κ2) is 8.67. The molecule has 0 aliphatic rings. The highest BCUT2D eigenvalue weighted by molar-refractivity contribution is 5.79. The first kappa shape index (κ1) is 16.7. The van der Waals surface area contributed by atoms with E-state index < -0.39 is 0 Å². The van der Waals surface area contributed by atoms with Crippen molar-refractivity contribution in [3.05, 3.63) is 42.3 Å². The van der Waals surface area contributed by atoms with Crippen LogP contribution in [0.4, 0.5) is 0 Å². The summed E-state index contributed by atoms with van der Waals surface area (Å²) in [6, 6.07) is 9.33. The number of benzene rings is 1. The largest absolute Gasteiger partial charge is 0.497 e. The molecule has 0 amide bonds. The number of methoxy groups -OCH3 is 1. The molecule has 2 aromatic rings. The molecule has 2 N–H and O–H groups in total. The Hall–Kier alpha value is -2.70. The molecule has 0 bridgehead atoms. The standard InChI is InChI=1S/C16H22N4O3/c1-12(23-15-6-4-5-14(9-15)21-3)10-18-16(17-2)19-11-13-7-8-22-20-13/h4-9,12H,10-11H2,1-3H3,(H2,17,18,19). The Morgan fingerprint density at radius 3 is 2.83 bits per heavy atom. The summed E-state index contributed by atoms with van der Waals surface area (Å²) >= 11 is 0. The molecular formula is C16H22N4O3. The van der Waals surface area contributed by atoms with Gasteiger partial charge in [-0.05, 0) is 19.1 Å². The topological polar surface area (TPSA) is 80.9 Å². The van der Waals surface area contributed by atoms with Gasteiger partial charge in [0, 0.05) is 19.2 Å². The van der Waals surface area contributed by atoms with Crippen molar-refractivity contribution in [1.29, 1.82) is 0 Å². The molecule has 124 valence electrons. The lowest BCUT2D eigenvalue weighted by Gasteiger charge is -2.17. The number of ether oxygens (including phenoxy) is 2. The lowest BCUT2D eigenvalue weighted by Crippen LogP contribution is -2.41. The summed E-state index contributed by atoms with van der Waals surface area (Å²) in [4.78, 5) is 4.15. The zero-order valence-corrected chi connectivity index (χ0v) is 13.6. The first-order valence-electron chi connectivity index (χ1n) is 7.35. The molecule has 7 heteroatoms. The Balaban J connectivity index is 1.76. The molecule has 0 saturated carbocycles. The van der Waals surface area contributed by atoms with Crippen LogP contribution < -0.4 is 20.1 Å². The molecule has 0 fully saturated rings. The zero-order chi connectivity index (χ0) is 16.5. The van der Waals surface area contributed by atoms with Crippen LogP contribution >= 0.6 is 0 Å². The Bertz CT molecular complexity index is 614. The Morgan fingerprint density at radius 2 is 2.13 bits per heavy atom. The van der Waals surface area contributed by atoms with Gasteiger partial charge < -0.3 is 24.6 Å². The van der Waals surface area contributed by atoms with Crippen LogP contribution in [0.25, 0.3) is 0 Å². The second-order valence-electron chi connectivity index (χ2n) is 4.90. The van der Waals surface area contributed by atoms with Crippen LogP contribution in [0, 0.1) is 0 Å². The number of nitrogens with one attached hydrogen (secondary N) is 2. The smallest absolute Gasteiger partial charge is 0.191 e. The molecule has 1 atom stereocenters. The van der Waals surface area contributed by atoms with Crippen molar-refractivity contribution in [1.82, 2.24) is 15.8 Å². The second-order valence-corrected chi connectivity index (χ2v) is 4.90. The van der Waals surface area contributed by atoms with Crippen LogP contribution in [0.2, 0.25) is 0 Å².